The smallest absolute Gasteiger partial charge is 0.280 e. The van der Waals surface area contributed by atoms with E-state index in [1.54, 1.807) is 17.9 Å². The SMILES string of the molecule is Cn1cnc2ncn(Cc3nc([C@H]4C[C@H](c5ccc(Cl)cc5)C4)no3)c(=O)c21. The van der Waals surface area contributed by atoms with Gasteiger partial charge in [-0.15, -0.1) is 0 Å². The summed E-state index contributed by atoms with van der Waals surface area (Å²) in [6.07, 6.45) is 4.98. The summed E-state index contributed by atoms with van der Waals surface area (Å²) in [5, 5.41) is 4.86. The van der Waals surface area contributed by atoms with E-state index >= 15 is 0 Å². The molecule has 28 heavy (non-hydrogen) atoms. The normalized spacial score (nSPS) is 19.1. The van der Waals surface area contributed by atoms with Gasteiger partial charge >= 0.3 is 0 Å². The third kappa shape index (κ3) is 2.90. The van der Waals surface area contributed by atoms with Gasteiger partial charge in [-0.05, 0) is 36.5 Å². The van der Waals surface area contributed by atoms with Crippen LogP contribution < -0.4 is 5.56 Å². The fourth-order valence-electron chi connectivity index (χ4n) is 3.66. The van der Waals surface area contributed by atoms with Crippen molar-refractivity contribution < 1.29 is 4.52 Å². The number of benzene rings is 1. The summed E-state index contributed by atoms with van der Waals surface area (Å²) in [6.45, 7) is 0.188. The van der Waals surface area contributed by atoms with Crippen LogP contribution in [0.25, 0.3) is 11.2 Å². The van der Waals surface area contributed by atoms with Crippen molar-refractivity contribution in [1.29, 1.82) is 0 Å². The zero-order chi connectivity index (χ0) is 19.3. The third-order valence-corrected chi connectivity index (χ3v) is 5.59. The van der Waals surface area contributed by atoms with Gasteiger partial charge in [-0.1, -0.05) is 28.9 Å². The first-order chi connectivity index (χ1) is 13.6. The first kappa shape index (κ1) is 17.1. The molecule has 1 aliphatic carbocycles. The molecule has 5 rings (SSSR count). The van der Waals surface area contributed by atoms with Crippen LogP contribution in [0, 0.1) is 0 Å². The van der Waals surface area contributed by atoms with Crippen LogP contribution in [0.2, 0.25) is 5.02 Å². The predicted octanol–water partition coefficient (Wildman–Crippen LogP) is 2.88. The number of halogens is 1. The molecule has 1 saturated carbocycles. The number of imidazole rings is 1. The molecule has 142 valence electrons. The van der Waals surface area contributed by atoms with Crippen molar-refractivity contribution in [2.45, 2.75) is 31.2 Å². The van der Waals surface area contributed by atoms with Gasteiger partial charge in [0.25, 0.3) is 5.56 Å². The second-order valence-electron chi connectivity index (χ2n) is 7.17. The van der Waals surface area contributed by atoms with Crippen molar-refractivity contribution in [3.8, 4) is 0 Å². The maximum atomic E-state index is 12.6. The molecular formula is C19H17ClN6O2. The Bertz CT molecular complexity index is 1200. The molecule has 0 radical (unpaired) electrons. The van der Waals surface area contributed by atoms with E-state index in [1.165, 1.54) is 16.5 Å². The molecule has 0 bridgehead atoms. The molecule has 4 aromatic rings. The van der Waals surface area contributed by atoms with Crippen LogP contribution in [-0.4, -0.2) is 29.2 Å². The second-order valence-corrected chi connectivity index (χ2v) is 7.60. The predicted molar refractivity (Wildman–Crippen MR) is 102 cm³/mol. The molecule has 1 aliphatic rings. The standard InChI is InChI=1S/C19H17ClN6O2/c1-25-9-21-18-16(25)19(27)26(10-22-18)8-15-23-17(24-28-15)13-6-12(7-13)11-2-4-14(20)5-3-11/h2-5,9-10,12-13H,6-8H2,1H3/t12-,13-. The Hall–Kier alpha value is -3.00. The molecular weight excluding hydrogens is 380 g/mol. The van der Waals surface area contributed by atoms with E-state index in [0.29, 0.717) is 28.8 Å². The number of aromatic nitrogens is 6. The summed E-state index contributed by atoms with van der Waals surface area (Å²) in [7, 11) is 1.77. The highest BCUT2D eigenvalue weighted by Gasteiger charge is 2.34. The molecule has 0 aliphatic heterocycles. The maximum absolute atomic E-state index is 12.6. The van der Waals surface area contributed by atoms with Gasteiger partial charge in [-0.3, -0.25) is 9.36 Å². The van der Waals surface area contributed by atoms with Gasteiger partial charge in [-0.2, -0.15) is 4.98 Å². The monoisotopic (exact) mass is 396 g/mol. The molecule has 1 aromatic carbocycles. The molecule has 0 unspecified atom stereocenters. The molecule has 0 N–H and O–H groups in total. The summed E-state index contributed by atoms with van der Waals surface area (Å²) in [5.41, 5.74) is 1.98. The van der Waals surface area contributed by atoms with E-state index in [2.05, 4.69) is 32.2 Å². The van der Waals surface area contributed by atoms with Crippen molar-refractivity contribution in [3.05, 3.63) is 69.6 Å². The molecule has 0 atom stereocenters. The van der Waals surface area contributed by atoms with E-state index in [0.717, 1.165) is 17.9 Å². The van der Waals surface area contributed by atoms with Crippen molar-refractivity contribution in [2.75, 3.05) is 0 Å². The Balaban J connectivity index is 1.30. The quantitative estimate of drug-likeness (QED) is 0.526. The number of nitrogens with zero attached hydrogens (tertiary/aromatic N) is 6. The van der Waals surface area contributed by atoms with Gasteiger partial charge in [-0.25, -0.2) is 9.97 Å². The van der Waals surface area contributed by atoms with Crippen LogP contribution in [0.3, 0.4) is 0 Å². The number of rotatable bonds is 4. The summed E-state index contributed by atoms with van der Waals surface area (Å²) in [5.74, 6) is 1.86. The summed E-state index contributed by atoms with van der Waals surface area (Å²) in [4.78, 5) is 25.4. The number of hydrogen-bond acceptors (Lipinski definition) is 6. The molecule has 0 saturated heterocycles. The average Bonchev–Trinajstić information content (AvgIpc) is 3.25. The number of fused-ring (bicyclic) bond motifs is 1. The van der Waals surface area contributed by atoms with Gasteiger partial charge in [0.1, 0.15) is 12.9 Å². The number of aryl methyl sites for hydroxylation is 1. The highest BCUT2D eigenvalue weighted by Crippen LogP contribution is 2.46. The Morgan fingerprint density at radius 3 is 2.68 bits per heavy atom. The Morgan fingerprint density at radius 1 is 1.14 bits per heavy atom. The van der Waals surface area contributed by atoms with Crippen molar-refractivity contribution in [2.24, 2.45) is 7.05 Å². The highest BCUT2D eigenvalue weighted by molar-refractivity contribution is 6.30. The van der Waals surface area contributed by atoms with Crippen LogP contribution in [0.4, 0.5) is 0 Å². The molecule has 3 aromatic heterocycles. The Kier molecular flexibility index (Phi) is 4.01. The number of hydrogen-bond donors (Lipinski definition) is 0. The summed E-state index contributed by atoms with van der Waals surface area (Å²) < 4.78 is 8.49. The minimum atomic E-state index is -0.184. The van der Waals surface area contributed by atoms with Gasteiger partial charge < -0.3 is 9.09 Å². The van der Waals surface area contributed by atoms with E-state index < -0.39 is 0 Å². The van der Waals surface area contributed by atoms with Gasteiger partial charge in [0, 0.05) is 18.0 Å². The lowest BCUT2D eigenvalue weighted by Gasteiger charge is -2.33. The van der Waals surface area contributed by atoms with Crippen molar-refractivity contribution in [3.63, 3.8) is 0 Å². The fourth-order valence-corrected chi connectivity index (χ4v) is 3.79. The molecule has 0 amide bonds. The Morgan fingerprint density at radius 2 is 1.89 bits per heavy atom. The van der Waals surface area contributed by atoms with Gasteiger partial charge in [0.2, 0.25) is 5.89 Å². The summed E-state index contributed by atoms with van der Waals surface area (Å²) in [6, 6.07) is 7.97. The highest BCUT2D eigenvalue weighted by atomic mass is 35.5. The molecule has 9 heteroatoms. The first-order valence-electron chi connectivity index (χ1n) is 9.03. The third-order valence-electron chi connectivity index (χ3n) is 5.33. The average molecular weight is 397 g/mol. The minimum Gasteiger partial charge on any atom is -0.337 e. The second kappa shape index (κ2) is 6.56. The van der Waals surface area contributed by atoms with Crippen LogP contribution in [0.1, 0.15) is 42.0 Å². The molecule has 0 spiro atoms. The fraction of sp³-hybridized carbons (Fsp3) is 0.316. The van der Waals surface area contributed by atoms with E-state index in [1.807, 2.05) is 12.1 Å². The topological polar surface area (TPSA) is 91.6 Å². The molecule has 1 fully saturated rings. The zero-order valence-electron chi connectivity index (χ0n) is 15.1. The van der Waals surface area contributed by atoms with E-state index in [9.17, 15) is 4.79 Å². The van der Waals surface area contributed by atoms with Crippen LogP contribution in [0.15, 0.2) is 46.2 Å². The van der Waals surface area contributed by atoms with Gasteiger partial charge in [0.05, 0.1) is 6.33 Å². The van der Waals surface area contributed by atoms with Crippen molar-refractivity contribution in [1.82, 2.24) is 29.2 Å². The van der Waals surface area contributed by atoms with Crippen LogP contribution in [-0.2, 0) is 13.6 Å². The van der Waals surface area contributed by atoms with E-state index in [4.69, 9.17) is 16.1 Å². The largest absolute Gasteiger partial charge is 0.337 e. The van der Waals surface area contributed by atoms with Crippen molar-refractivity contribution >= 4 is 22.8 Å². The van der Waals surface area contributed by atoms with Crippen LogP contribution >= 0.6 is 11.6 Å². The summed E-state index contributed by atoms with van der Waals surface area (Å²) >= 11 is 5.95. The van der Waals surface area contributed by atoms with Crippen LogP contribution in [0.5, 0.6) is 0 Å². The lowest BCUT2D eigenvalue weighted by Crippen LogP contribution is -2.23. The maximum Gasteiger partial charge on any atom is 0.280 e. The first-order valence-corrected chi connectivity index (χ1v) is 9.40. The lowest BCUT2D eigenvalue weighted by molar-refractivity contribution is 0.315. The molecule has 8 nitrogen and oxygen atoms in total. The minimum absolute atomic E-state index is 0.184. The Labute approximate surface area is 164 Å². The zero-order valence-corrected chi connectivity index (χ0v) is 15.9. The van der Waals surface area contributed by atoms with E-state index in [-0.39, 0.29) is 18.0 Å². The lowest BCUT2D eigenvalue weighted by atomic mass is 9.71. The van der Waals surface area contributed by atoms with Gasteiger partial charge in [0.15, 0.2) is 17.0 Å². The molecule has 3 heterocycles.